The lowest BCUT2D eigenvalue weighted by molar-refractivity contribution is 1.38. The highest BCUT2D eigenvalue weighted by molar-refractivity contribution is 9.10. The molecule has 2 nitrogen and oxygen atoms in total. The van der Waals surface area contributed by atoms with E-state index in [-0.39, 0.29) is 0 Å². The molecule has 0 unspecified atom stereocenters. The molecule has 0 aliphatic carbocycles. The number of nitrogen functional groups attached to an aromatic ring is 1. The van der Waals surface area contributed by atoms with Crippen LogP contribution in [0.25, 0.3) is 0 Å². The summed E-state index contributed by atoms with van der Waals surface area (Å²) in [6.45, 7) is 2.34. The summed E-state index contributed by atoms with van der Waals surface area (Å²) < 4.78 is 1.09. The second kappa shape index (κ2) is 2.41. The van der Waals surface area contributed by atoms with Crippen molar-refractivity contribution in [2.45, 2.75) is 0 Å². The van der Waals surface area contributed by atoms with Gasteiger partial charge in [0, 0.05) is 23.2 Å². The molecule has 1 saturated heterocycles. The van der Waals surface area contributed by atoms with Crippen LogP contribution >= 0.6 is 15.9 Å². The van der Waals surface area contributed by atoms with Crippen molar-refractivity contribution >= 4 is 27.3 Å². The topological polar surface area (TPSA) is 29.0 Å². The van der Waals surface area contributed by atoms with Crippen LogP contribution in [0, 0.1) is 0 Å². The van der Waals surface area contributed by atoms with Crippen LogP contribution in [-0.2, 0) is 0 Å². The molecule has 58 valence electrons. The number of nitrogens with zero attached hydrogens (tertiary/aromatic N) is 1. The summed E-state index contributed by atoms with van der Waals surface area (Å²) in [4.78, 5) is 2.28. The number of halogens is 1. The number of benzene rings is 1. The number of hydrogen-bond donors (Lipinski definition) is 1. The van der Waals surface area contributed by atoms with E-state index in [2.05, 4.69) is 20.8 Å². The third kappa shape index (κ3) is 1.33. The van der Waals surface area contributed by atoms with Gasteiger partial charge in [-0.15, -0.1) is 0 Å². The first-order valence-electron chi connectivity index (χ1n) is 3.57. The Balaban J connectivity index is 2.39. The Hall–Kier alpha value is -0.700. The van der Waals surface area contributed by atoms with Crippen LogP contribution in [0.2, 0.25) is 0 Å². The van der Waals surface area contributed by atoms with Crippen molar-refractivity contribution in [1.29, 1.82) is 0 Å². The Bertz CT molecular complexity index is 281. The Labute approximate surface area is 74.1 Å². The van der Waals surface area contributed by atoms with Gasteiger partial charge in [-0.1, -0.05) is 0 Å². The average Bonchev–Trinajstić information content (AvgIpc) is 2.70. The van der Waals surface area contributed by atoms with Gasteiger partial charge in [-0.2, -0.15) is 0 Å². The van der Waals surface area contributed by atoms with Crippen molar-refractivity contribution in [2.75, 3.05) is 23.7 Å². The normalized spacial score (nSPS) is 15.2. The van der Waals surface area contributed by atoms with E-state index >= 15 is 0 Å². The summed E-state index contributed by atoms with van der Waals surface area (Å²) in [6.07, 6.45) is 0. The molecule has 1 aliphatic rings. The molecule has 11 heavy (non-hydrogen) atoms. The highest BCUT2D eigenvalue weighted by atomic mass is 79.9. The smallest absolute Gasteiger partial charge is 0.0513 e. The maximum absolute atomic E-state index is 5.60. The third-order valence-corrected chi connectivity index (χ3v) is 2.39. The van der Waals surface area contributed by atoms with Crippen molar-refractivity contribution in [2.24, 2.45) is 0 Å². The Morgan fingerprint density at radius 3 is 2.64 bits per heavy atom. The Morgan fingerprint density at radius 1 is 1.36 bits per heavy atom. The van der Waals surface area contributed by atoms with Crippen LogP contribution in [0.15, 0.2) is 22.7 Å². The van der Waals surface area contributed by atoms with Gasteiger partial charge in [0.1, 0.15) is 0 Å². The zero-order valence-electron chi connectivity index (χ0n) is 6.05. The Kier molecular flexibility index (Phi) is 1.53. The first-order valence-corrected chi connectivity index (χ1v) is 4.36. The van der Waals surface area contributed by atoms with E-state index in [0.29, 0.717) is 0 Å². The van der Waals surface area contributed by atoms with Crippen LogP contribution in [-0.4, -0.2) is 13.1 Å². The maximum Gasteiger partial charge on any atom is 0.0513 e. The molecular weight excluding hydrogens is 204 g/mol. The van der Waals surface area contributed by atoms with E-state index in [1.54, 1.807) is 0 Å². The fraction of sp³-hybridized carbons (Fsp3) is 0.250. The molecule has 2 rings (SSSR count). The first kappa shape index (κ1) is 6.98. The molecule has 1 aromatic carbocycles. The van der Waals surface area contributed by atoms with E-state index in [4.69, 9.17) is 5.73 Å². The number of rotatable bonds is 1. The highest BCUT2D eigenvalue weighted by Gasteiger charge is 2.19. The molecule has 3 heteroatoms. The maximum atomic E-state index is 5.60. The number of hydrogen-bond acceptors (Lipinski definition) is 2. The second-order valence-corrected chi connectivity index (χ2v) is 3.55. The second-order valence-electron chi connectivity index (χ2n) is 2.70. The van der Waals surface area contributed by atoms with Gasteiger partial charge in [-0.05, 0) is 34.1 Å². The molecule has 0 spiro atoms. The van der Waals surface area contributed by atoms with Gasteiger partial charge in [0.2, 0.25) is 0 Å². The first-order chi connectivity index (χ1) is 5.27. The minimum atomic E-state index is 0.808. The highest BCUT2D eigenvalue weighted by Crippen LogP contribution is 2.31. The van der Waals surface area contributed by atoms with Gasteiger partial charge < -0.3 is 10.6 Å². The molecule has 1 heterocycles. The molecule has 2 N–H and O–H groups in total. The lowest BCUT2D eigenvalue weighted by atomic mass is 10.3. The standard InChI is InChI=1S/C8H9BrN2/c9-7-5-6(10)1-2-8(7)11-3-4-11/h1-2,5H,3-4,10H2. The van der Waals surface area contributed by atoms with Gasteiger partial charge in [-0.3, -0.25) is 0 Å². The summed E-state index contributed by atoms with van der Waals surface area (Å²) in [7, 11) is 0. The summed E-state index contributed by atoms with van der Waals surface area (Å²) >= 11 is 3.47. The molecule has 0 saturated carbocycles. The lowest BCUT2D eigenvalue weighted by Gasteiger charge is -2.05. The largest absolute Gasteiger partial charge is 0.399 e. The van der Waals surface area contributed by atoms with Crippen LogP contribution in [0.1, 0.15) is 0 Å². The summed E-state index contributed by atoms with van der Waals surface area (Å²) in [5, 5.41) is 0. The molecule has 1 aliphatic heterocycles. The van der Waals surface area contributed by atoms with Gasteiger partial charge >= 0.3 is 0 Å². The zero-order chi connectivity index (χ0) is 7.84. The minimum absolute atomic E-state index is 0.808. The molecule has 0 radical (unpaired) electrons. The van der Waals surface area contributed by atoms with E-state index in [1.807, 2.05) is 18.2 Å². The Morgan fingerprint density at radius 2 is 2.09 bits per heavy atom. The van der Waals surface area contributed by atoms with E-state index in [1.165, 1.54) is 18.8 Å². The molecule has 0 aromatic heterocycles. The number of anilines is 2. The van der Waals surface area contributed by atoms with E-state index in [0.717, 1.165) is 10.2 Å². The predicted octanol–water partition coefficient (Wildman–Crippen LogP) is 1.85. The fourth-order valence-electron chi connectivity index (χ4n) is 1.07. The van der Waals surface area contributed by atoms with Gasteiger partial charge in [-0.25, -0.2) is 0 Å². The van der Waals surface area contributed by atoms with Crippen LogP contribution in [0.5, 0.6) is 0 Å². The van der Waals surface area contributed by atoms with Crippen LogP contribution < -0.4 is 10.6 Å². The average molecular weight is 213 g/mol. The summed E-state index contributed by atoms with van der Waals surface area (Å²) in [5.74, 6) is 0. The van der Waals surface area contributed by atoms with Gasteiger partial charge in [0.25, 0.3) is 0 Å². The number of nitrogens with two attached hydrogens (primary N) is 1. The van der Waals surface area contributed by atoms with E-state index < -0.39 is 0 Å². The van der Waals surface area contributed by atoms with Gasteiger partial charge in [0.15, 0.2) is 0 Å². The molecule has 0 atom stereocenters. The van der Waals surface area contributed by atoms with Gasteiger partial charge in [0.05, 0.1) is 5.69 Å². The SMILES string of the molecule is Nc1ccc(N2CC2)c(Br)c1. The lowest BCUT2D eigenvalue weighted by Crippen LogP contribution is -1.93. The zero-order valence-corrected chi connectivity index (χ0v) is 7.63. The quantitative estimate of drug-likeness (QED) is 0.569. The van der Waals surface area contributed by atoms with Crippen molar-refractivity contribution < 1.29 is 0 Å². The van der Waals surface area contributed by atoms with Crippen LogP contribution in [0.4, 0.5) is 11.4 Å². The van der Waals surface area contributed by atoms with Crippen molar-refractivity contribution in [1.82, 2.24) is 0 Å². The van der Waals surface area contributed by atoms with Crippen molar-refractivity contribution in [3.8, 4) is 0 Å². The monoisotopic (exact) mass is 212 g/mol. The third-order valence-electron chi connectivity index (χ3n) is 1.76. The summed E-state index contributed by atoms with van der Waals surface area (Å²) in [5.41, 5.74) is 7.66. The molecular formula is C8H9BrN2. The fourth-order valence-corrected chi connectivity index (χ4v) is 1.72. The molecule has 0 bridgehead atoms. The molecule has 1 fully saturated rings. The van der Waals surface area contributed by atoms with Crippen molar-refractivity contribution in [3.05, 3.63) is 22.7 Å². The van der Waals surface area contributed by atoms with Crippen molar-refractivity contribution in [3.63, 3.8) is 0 Å². The minimum Gasteiger partial charge on any atom is -0.399 e. The molecule has 0 amide bonds. The molecule has 1 aromatic rings. The summed E-state index contributed by atoms with van der Waals surface area (Å²) in [6, 6.07) is 5.92. The van der Waals surface area contributed by atoms with E-state index in [9.17, 15) is 0 Å². The predicted molar refractivity (Wildman–Crippen MR) is 50.8 cm³/mol. The van der Waals surface area contributed by atoms with Crippen LogP contribution in [0.3, 0.4) is 0 Å².